The summed E-state index contributed by atoms with van der Waals surface area (Å²) in [4.78, 5) is 6.49. The minimum absolute atomic E-state index is 0.380. The minimum atomic E-state index is -0.599. The molecule has 21 heavy (non-hydrogen) atoms. The van der Waals surface area contributed by atoms with Crippen LogP contribution in [0, 0.1) is 11.6 Å². The number of anilines is 3. The number of nitrogens with zero attached hydrogens (tertiary/aromatic N) is 2. The highest BCUT2D eigenvalue weighted by Crippen LogP contribution is 2.24. The van der Waals surface area contributed by atoms with Gasteiger partial charge in [-0.3, -0.25) is 4.98 Å². The molecule has 0 amide bonds. The van der Waals surface area contributed by atoms with Crippen molar-refractivity contribution in [2.75, 3.05) is 23.3 Å². The second-order valence-corrected chi connectivity index (χ2v) is 5.26. The number of rotatable bonds is 3. The highest BCUT2D eigenvalue weighted by atomic mass is 19.1. The lowest BCUT2D eigenvalue weighted by molar-refractivity contribution is 0.577. The van der Waals surface area contributed by atoms with E-state index < -0.39 is 11.6 Å². The van der Waals surface area contributed by atoms with Crippen LogP contribution in [0.4, 0.5) is 25.8 Å². The van der Waals surface area contributed by atoms with Crippen LogP contribution in [-0.4, -0.2) is 18.1 Å². The maximum Gasteiger partial charge on any atom is 0.128 e. The van der Waals surface area contributed by atoms with E-state index in [9.17, 15) is 8.78 Å². The fourth-order valence-corrected chi connectivity index (χ4v) is 2.61. The third kappa shape index (κ3) is 3.48. The molecule has 1 N–H and O–H groups in total. The summed E-state index contributed by atoms with van der Waals surface area (Å²) in [7, 11) is 0. The van der Waals surface area contributed by atoms with Gasteiger partial charge in [-0.2, -0.15) is 0 Å². The molecule has 110 valence electrons. The van der Waals surface area contributed by atoms with Gasteiger partial charge in [0.05, 0.1) is 23.8 Å². The molecule has 3 rings (SSSR count). The van der Waals surface area contributed by atoms with Gasteiger partial charge in [0.1, 0.15) is 11.6 Å². The van der Waals surface area contributed by atoms with Gasteiger partial charge >= 0.3 is 0 Å². The van der Waals surface area contributed by atoms with Crippen LogP contribution < -0.4 is 10.2 Å². The molecule has 3 nitrogen and oxygen atoms in total. The van der Waals surface area contributed by atoms with E-state index in [1.54, 1.807) is 6.20 Å². The Balaban J connectivity index is 1.79. The first kappa shape index (κ1) is 13.8. The number of aromatic nitrogens is 1. The molecule has 1 aliphatic heterocycles. The Morgan fingerprint density at radius 3 is 2.29 bits per heavy atom. The van der Waals surface area contributed by atoms with Crippen molar-refractivity contribution in [2.24, 2.45) is 0 Å². The average molecular weight is 289 g/mol. The lowest BCUT2D eigenvalue weighted by atomic mass is 10.1. The summed E-state index contributed by atoms with van der Waals surface area (Å²) < 4.78 is 26.4. The molecular formula is C16H17F2N3. The predicted molar refractivity (Wildman–Crippen MR) is 79.9 cm³/mol. The first-order valence-corrected chi connectivity index (χ1v) is 7.14. The fourth-order valence-electron chi connectivity index (χ4n) is 2.61. The molecule has 1 aromatic carbocycles. The van der Waals surface area contributed by atoms with Gasteiger partial charge in [0.2, 0.25) is 0 Å². The summed E-state index contributed by atoms with van der Waals surface area (Å²) in [6.07, 6.45) is 7.11. The molecule has 2 heterocycles. The van der Waals surface area contributed by atoms with Crippen LogP contribution in [0.15, 0.2) is 36.7 Å². The number of hydrogen-bond acceptors (Lipinski definition) is 3. The second-order valence-electron chi connectivity index (χ2n) is 5.26. The molecule has 1 aliphatic rings. The zero-order chi connectivity index (χ0) is 14.7. The van der Waals surface area contributed by atoms with Crippen molar-refractivity contribution in [1.29, 1.82) is 0 Å². The third-order valence-corrected chi connectivity index (χ3v) is 3.60. The van der Waals surface area contributed by atoms with E-state index in [0.29, 0.717) is 5.69 Å². The van der Waals surface area contributed by atoms with E-state index in [2.05, 4.69) is 15.2 Å². The minimum Gasteiger partial charge on any atom is -0.370 e. The number of pyridine rings is 1. The summed E-state index contributed by atoms with van der Waals surface area (Å²) in [5.41, 5.74) is 2.14. The van der Waals surface area contributed by atoms with Crippen molar-refractivity contribution in [1.82, 2.24) is 4.98 Å². The quantitative estimate of drug-likeness (QED) is 0.922. The zero-order valence-electron chi connectivity index (χ0n) is 11.6. The Hall–Kier alpha value is -2.17. The van der Waals surface area contributed by atoms with E-state index in [1.807, 2.05) is 12.3 Å². The van der Waals surface area contributed by atoms with Crippen LogP contribution in [0.5, 0.6) is 0 Å². The normalized spacial score (nSPS) is 15.0. The molecular weight excluding hydrogens is 272 g/mol. The SMILES string of the molecule is Fc1cc(F)cc(Nc2cncc(N3CCCCC3)c2)c1. The number of piperidine rings is 1. The smallest absolute Gasteiger partial charge is 0.128 e. The van der Waals surface area contributed by atoms with Crippen LogP contribution >= 0.6 is 0 Å². The molecule has 0 radical (unpaired) electrons. The number of benzene rings is 1. The van der Waals surface area contributed by atoms with Crippen molar-refractivity contribution in [3.8, 4) is 0 Å². The Labute approximate surface area is 122 Å². The van der Waals surface area contributed by atoms with E-state index in [0.717, 1.165) is 30.5 Å². The number of hydrogen-bond donors (Lipinski definition) is 1. The molecule has 0 saturated carbocycles. The van der Waals surface area contributed by atoms with Gasteiger partial charge < -0.3 is 10.2 Å². The maximum absolute atomic E-state index is 13.2. The molecule has 2 aromatic rings. The van der Waals surface area contributed by atoms with Gasteiger partial charge in [0.25, 0.3) is 0 Å². The van der Waals surface area contributed by atoms with Crippen molar-refractivity contribution in [2.45, 2.75) is 19.3 Å². The summed E-state index contributed by atoms with van der Waals surface area (Å²) in [5, 5.41) is 3.00. The molecule has 0 unspecified atom stereocenters. The standard InChI is InChI=1S/C16H17F2N3/c17-12-6-13(18)8-14(7-12)20-15-9-16(11-19-10-15)21-4-2-1-3-5-21/h6-11,20H,1-5H2. The van der Waals surface area contributed by atoms with Crippen molar-refractivity contribution < 1.29 is 8.78 Å². The molecule has 1 aromatic heterocycles. The number of nitrogens with one attached hydrogen (secondary N) is 1. The largest absolute Gasteiger partial charge is 0.370 e. The Kier molecular flexibility index (Phi) is 3.99. The molecule has 1 fully saturated rings. The molecule has 0 aliphatic carbocycles. The predicted octanol–water partition coefficient (Wildman–Crippen LogP) is 4.09. The Bertz CT molecular complexity index is 604. The van der Waals surface area contributed by atoms with Gasteiger partial charge in [0.15, 0.2) is 0 Å². The molecule has 0 atom stereocenters. The summed E-state index contributed by atoms with van der Waals surface area (Å²) >= 11 is 0. The summed E-state index contributed by atoms with van der Waals surface area (Å²) in [6, 6.07) is 5.34. The number of halogens is 2. The van der Waals surface area contributed by atoms with Gasteiger partial charge in [-0.15, -0.1) is 0 Å². The highest BCUT2D eigenvalue weighted by molar-refractivity contribution is 5.63. The lowest BCUT2D eigenvalue weighted by Gasteiger charge is -2.28. The zero-order valence-corrected chi connectivity index (χ0v) is 11.6. The monoisotopic (exact) mass is 289 g/mol. The van der Waals surface area contributed by atoms with E-state index >= 15 is 0 Å². The van der Waals surface area contributed by atoms with Crippen LogP contribution in [0.2, 0.25) is 0 Å². The molecule has 5 heteroatoms. The van der Waals surface area contributed by atoms with E-state index in [4.69, 9.17) is 0 Å². The molecule has 0 spiro atoms. The first-order chi connectivity index (χ1) is 10.2. The van der Waals surface area contributed by atoms with Crippen molar-refractivity contribution in [3.63, 3.8) is 0 Å². The van der Waals surface area contributed by atoms with E-state index in [1.165, 1.54) is 31.4 Å². The average Bonchev–Trinajstić information content (AvgIpc) is 2.47. The van der Waals surface area contributed by atoms with Crippen molar-refractivity contribution >= 4 is 17.1 Å². The van der Waals surface area contributed by atoms with Gasteiger partial charge in [0, 0.05) is 24.8 Å². The Morgan fingerprint density at radius 1 is 0.857 bits per heavy atom. The van der Waals surface area contributed by atoms with Gasteiger partial charge in [-0.25, -0.2) is 8.78 Å². The molecule has 1 saturated heterocycles. The first-order valence-electron chi connectivity index (χ1n) is 7.14. The summed E-state index contributed by atoms with van der Waals surface area (Å²) in [6.45, 7) is 2.06. The van der Waals surface area contributed by atoms with E-state index in [-0.39, 0.29) is 0 Å². The lowest BCUT2D eigenvalue weighted by Crippen LogP contribution is -2.29. The Morgan fingerprint density at radius 2 is 1.57 bits per heavy atom. The van der Waals surface area contributed by atoms with Gasteiger partial charge in [-0.1, -0.05) is 0 Å². The van der Waals surface area contributed by atoms with Crippen LogP contribution in [0.1, 0.15) is 19.3 Å². The van der Waals surface area contributed by atoms with Crippen LogP contribution in [-0.2, 0) is 0 Å². The fraction of sp³-hybridized carbons (Fsp3) is 0.312. The molecule has 0 bridgehead atoms. The highest BCUT2D eigenvalue weighted by Gasteiger charge is 2.11. The van der Waals surface area contributed by atoms with Gasteiger partial charge in [-0.05, 0) is 37.5 Å². The van der Waals surface area contributed by atoms with Crippen LogP contribution in [0.25, 0.3) is 0 Å². The van der Waals surface area contributed by atoms with Crippen molar-refractivity contribution in [3.05, 3.63) is 48.3 Å². The second kappa shape index (κ2) is 6.08. The third-order valence-electron chi connectivity index (χ3n) is 3.60. The maximum atomic E-state index is 13.2. The topological polar surface area (TPSA) is 28.2 Å². The van der Waals surface area contributed by atoms with Crippen LogP contribution in [0.3, 0.4) is 0 Å². The summed E-state index contributed by atoms with van der Waals surface area (Å²) in [5.74, 6) is -1.20.